The van der Waals surface area contributed by atoms with E-state index in [-0.39, 0.29) is 0 Å². The van der Waals surface area contributed by atoms with Gasteiger partial charge >= 0.3 is 8.56 Å². The van der Waals surface area contributed by atoms with Crippen LogP contribution < -0.4 is 4.74 Å². The molecular weight excluding hydrogens is 384 g/mol. The first-order valence-corrected chi connectivity index (χ1v) is 18.7. The zero-order valence-electron chi connectivity index (χ0n) is 18.9. The molecule has 1 aromatic rings. The molecule has 0 atom stereocenters. The van der Waals surface area contributed by atoms with Gasteiger partial charge in [-0.1, -0.05) is 24.3 Å². The van der Waals surface area contributed by atoms with Crippen molar-refractivity contribution in [2.24, 2.45) is 0 Å². The number of hydrogen-bond donors (Lipinski definition) is 0. The zero-order valence-corrected chi connectivity index (χ0v) is 21.9. The maximum atomic E-state index is 6.55. The highest BCUT2D eigenvalue weighted by Gasteiger charge is 2.43. The molecular formula is C21H38O3Si3. The quantitative estimate of drug-likeness (QED) is 0.416. The molecule has 0 fully saturated rings. The Morgan fingerprint density at radius 3 is 1.89 bits per heavy atom. The van der Waals surface area contributed by atoms with Gasteiger partial charge in [0.15, 0.2) is 16.6 Å². The summed E-state index contributed by atoms with van der Waals surface area (Å²) in [6.07, 6.45) is 2.17. The number of benzene rings is 1. The molecule has 1 aromatic carbocycles. The van der Waals surface area contributed by atoms with Crippen LogP contribution >= 0.6 is 0 Å². The summed E-state index contributed by atoms with van der Waals surface area (Å²) >= 11 is 0. The smallest absolute Gasteiger partial charge is 0.347 e. The number of hydrogen-bond acceptors (Lipinski definition) is 3. The maximum Gasteiger partial charge on any atom is 0.347 e. The van der Waals surface area contributed by atoms with Gasteiger partial charge in [0, 0.05) is 5.20 Å². The van der Waals surface area contributed by atoms with E-state index in [0.717, 1.165) is 16.5 Å². The molecule has 0 aromatic heterocycles. The molecule has 27 heavy (non-hydrogen) atoms. The van der Waals surface area contributed by atoms with Crippen molar-refractivity contribution in [1.82, 2.24) is 0 Å². The van der Waals surface area contributed by atoms with Gasteiger partial charge in [-0.3, -0.25) is 0 Å². The van der Waals surface area contributed by atoms with Gasteiger partial charge in [0.05, 0.1) is 0 Å². The van der Waals surface area contributed by atoms with E-state index >= 15 is 0 Å². The van der Waals surface area contributed by atoms with Gasteiger partial charge in [-0.15, -0.1) is 0 Å². The average molecular weight is 423 g/mol. The van der Waals surface area contributed by atoms with Crippen molar-refractivity contribution >= 4 is 31.3 Å². The lowest BCUT2D eigenvalue weighted by Crippen LogP contribution is -2.54. The Kier molecular flexibility index (Phi) is 8.08. The van der Waals surface area contributed by atoms with Crippen LogP contribution in [0.2, 0.25) is 45.8 Å². The van der Waals surface area contributed by atoms with Gasteiger partial charge in [0.1, 0.15) is 12.4 Å². The van der Waals surface area contributed by atoms with Crippen molar-refractivity contribution < 1.29 is 13.0 Å². The van der Waals surface area contributed by atoms with Crippen LogP contribution in [0, 0.1) is 6.92 Å². The molecule has 0 saturated heterocycles. The van der Waals surface area contributed by atoms with E-state index in [1.165, 1.54) is 11.1 Å². The molecule has 0 bridgehead atoms. The van der Waals surface area contributed by atoms with Crippen molar-refractivity contribution in [2.45, 2.75) is 66.6 Å². The van der Waals surface area contributed by atoms with Gasteiger partial charge in [-0.05, 0) is 89.9 Å². The van der Waals surface area contributed by atoms with Crippen molar-refractivity contribution in [3.8, 4) is 5.75 Å². The van der Waals surface area contributed by atoms with Gasteiger partial charge in [0.25, 0.3) is 0 Å². The lowest BCUT2D eigenvalue weighted by molar-refractivity contribution is 0.335. The predicted molar refractivity (Wildman–Crippen MR) is 126 cm³/mol. The predicted octanol–water partition coefficient (Wildman–Crippen LogP) is 6.67. The van der Waals surface area contributed by atoms with E-state index in [2.05, 4.69) is 91.4 Å². The maximum absolute atomic E-state index is 6.55. The van der Waals surface area contributed by atoms with Crippen molar-refractivity contribution in [3.05, 3.63) is 46.7 Å². The van der Waals surface area contributed by atoms with Crippen LogP contribution in [0.25, 0.3) is 6.08 Å². The highest BCUT2D eigenvalue weighted by atomic mass is 28.5. The minimum atomic E-state index is -2.53. The Hall–Kier alpha value is -0.929. The Morgan fingerprint density at radius 2 is 1.48 bits per heavy atom. The van der Waals surface area contributed by atoms with Crippen LogP contribution in [0.15, 0.2) is 35.5 Å². The average Bonchev–Trinajstić information content (AvgIpc) is 2.41. The summed E-state index contributed by atoms with van der Waals surface area (Å²) in [4.78, 5) is 0. The second kappa shape index (κ2) is 9.05. The van der Waals surface area contributed by atoms with Gasteiger partial charge in [0.2, 0.25) is 0 Å². The molecule has 0 aliphatic carbocycles. The summed E-state index contributed by atoms with van der Waals surface area (Å²) in [5.41, 5.74) is 3.60. The summed E-state index contributed by atoms with van der Waals surface area (Å²) in [6.45, 7) is 26.4. The summed E-state index contributed by atoms with van der Waals surface area (Å²) in [6, 6.07) is 6.28. The standard InChI is InChI=1S/C21H38O3Si3/c1-17(2)14-20-12-13-21(18(3)15-20)22-16-19(4)27(11,23-25(5,6)7)24-26(8,9)10/h12-15H,4,16H2,1-3,5-11H3. The van der Waals surface area contributed by atoms with Crippen molar-refractivity contribution in [1.29, 1.82) is 0 Å². The fraction of sp³-hybridized carbons (Fsp3) is 0.524. The van der Waals surface area contributed by atoms with Crippen LogP contribution in [0.3, 0.4) is 0 Å². The third kappa shape index (κ3) is 8.74. The molecule has 0 heterocycles. The molecule has 0 amide bonds. The Balaban J connectivity index is 2.95. The van der Waals surface area contributed by atoms with Crippen LogP contribution in [0.5, 0.6) is 5.75 Å². The van der Waals surface area contributed by atoms with E-state index in [9.17, 15) is 0 Å². The largest absolute Gasteiger partial charge is 0.489 e. The summed E-state index contributed by atoms with van der Waals surface area (Å²) < 4.78 is 19.2. The molecule has 3 nitrogen and oxygen atoms in total. The molecule has 0 N–H and O–H groups in total. The first kappa shape index (κ1) is 24.1. The van der Waals surface area contributed by atoms with Gasteiger partial charge < -0.3 is 13.0 Å². The molecule has 0 saturated carbocycles. The highest BCUT2D eigenvalue weighted by molar-refractivity contribution is 6.90. The monoisotopic (exact) mass is 422 g/mol. The minimum Gasteiger partial charge on any atom is -0.489 e. The summed E-state index contributed by atoms with van der Waals surface area (Å²) in [5, 5.41) is 0.958. The first-order chi connectivity index (χ1) is 12.1. The highest BCUT2D eigenvalue weighted by Crippen LogP contribution is 2.28. The van der Waals surface area contributed by atoms with E-state index in [4.69, 9.17) is 13.0 Å². The second-order valence-electron chi connectivity index (χ2n) is 9.51. The van der Waals surface area contributed by atoms with Gasteiger partial charge in [-0.25, -0.2) is 0 Å². The molecule has 0 aliphatic heterocycles. The molecule has 0 unspecified atom stereocenters. The van der Waals surface area contributed by atoms with Crippen LogP contribution in [0.1, 0.15) is 25.0 Å². The molecule has 0 spiro atoms. The lowest BCUT2D eigenvalue weighted by Gasteiger charge is -2.39. The fourth-order valence-corrected chi connectivity index (χ4v) is 14.3. The van der Waals surface area contributed by atoms with Crippen LogP contribution in [-0.4, -0.2) is 31.8 Å². The molecule has 0 radical (unpaired) electrons. The van der Waals surface area contributed by atoms with E-state index < -0.39 is 25.2 Å². The third-order valence-corrected chi connectivity index (χ3v) is 13.1. The molecule has 1 rings (SSSR count). The van der Waals surface area contributed by atoms with E-state index in [1.54, 1.807) is 0 Å². The number of rotatable bonds is 9. The Bertz CT molecular complexity index is 678. The number of aryl methyl sites for hydroxylation is 1. The van der Waals surface area contributed by atoms with Crippen molar-refractivity contribution in [2.75, 3.05) is 6.61 Å². The number of allylic oxidation sites excluding steroid dienone is 1. The normalized spacial score (nSPS) is 12.7. The lowest BCUT2D eigenvalue weighted by atomic mass is 10.1. The molecule has 0 aliphatic rings. The Morgan fingerprint density at radius 1 is 0.963 bits per heavy atom. The topological polar surface area (TPSA) is 27.7 Å². The first-order valence-electron chi connectivity index (χ1n) is 9.58. The summed E-state index contributed by atoms with van der Waals surface area (Å²) in [7, 11) is -6.06. The van der Waals surface area contributed by atoms with E-state index in [1.807, 2.05) is 6.07 Å². The molecule has 6 heteroatoms. The SMILES string of the molecule is C=C(COc1ccc(C=C(C)C)cc1C)[Si](C)(O[Si](C)(C)C)O[Si](C)(C)C. The van der Waals surface area contributed by atoms with Crippen LogP contribution in [0.4, 0.5) is 0 Å². The van der Waals surface area contributed by atoms with Crippen LogP contribution in [-0.2, 0) is 8.23 Å². The molecule has 152 valence electrons. The Labute approximate surface area is 170 Å². The second-order valence-corrected chi connectivity index (χ2v) is 22.2. The minimum absolute atomic E-state index is 0.431. The third-order valence-electron chi connectivity index (χ3n) is 3.70. The zero-order chi connectivity index (χ0) is 21.0. The number of ether oxygens (including phenoxy) is 1. The van der Waals surface area contributed by atoms with Crippen molar-refractivity contribution in [3.63, 3.8) is 0 Å². The van der Waals surface area contributed by atoms with E-state index in [0.29, 0.717) is 6.61 Å². The van der Waals surface area contributed by atoms with Gasteiger partial charge in [-0.2, -0.15) is 0 Å². The summed E-state index contributed by atoms with van der Waals surface area (Å²) in [5.74, 6) is 0.888. The fourth-order valence-electron chi connectivity index (χ4n) is 2.89.